The lowest BCUT2D eigenvalue weighted by Gasteiger charge is -2.35. The van der Waals surface area contributed by atoms with Crippen LogP contribution in [0.2, 0.25) is 0 Å². The molecule has 52 heavy (non-hydrogen) atoms. The number of benzene rings is 4. The van der Waals surface area contributed by atoms with Gasteiger partial charge in [0, 0.05) is 29.5 Å². The van der Waals surface area contributed by atoms with Crippen molar-refractivity contribution in [1.82, 2.24) is 10.2 Å². The Bertz CT molecular complexity index is 1900. The number of hydrogen-bond donors (Lipinski definition) is 1. The van der Waals surface area contributed by atoms with Crippen molar-refractivity contribution in [2.75, 3.05) is 31.7 Å². The zero-order valence-corrected chi connectivity index (χ0v) is 32.2. The van der Waals surface area contributed by atoms with Crippen molar-refractivity contribution in [1.29, 1.82) is 0 Å². The molecule has 1 saturated carbocycles. The van der Waals surface area contributed by atoms with E-state index in [0.717, 1.165) is 52.0 Å². The van der Waals surface area contributed by atoms with Crippen molar-refractivity contribution in [3.63, 3.8) is 0 Å². The Morgan fingerprint density at radius 3 is 2.19 bits per heavy atom. The fraction of sp³-hybridized carbons (Fsp3) is 0.350. The summed E-state index contributed by atoms with van der Waals surface area (Å²) < 4.78 is 47.4. The van der Waals surface area contributed by atoms with Gasteiger partial charge >= 0.3 is 0 Å². The number of sulfonamides is 1. The number of ether oxygens (including phenoxy) is 3. The van der Waals surface area contributed by atoms with Gasteiger partial charge < -0.3 is 24.4 Å². The number of hydrogen-bond acceptors (Lipinski definition) is 7. The maximum absolute atomic E-state index is 14.9. The summed E-state index contributed by atoms with van der Waals surface area (Å²) >= 11 is 3.54. The first-order valence-electron chi connectivity index (χ1n) is 17.5. The summed E-state index contributed by atoms with van der Waals surface area (Å²) in [6, 6.07) is 27.0. The first kappa shape index (κ1) is 38.7. The molecule has 0 unspecified atom stereocenters. The van der Waals surface area contributed by atoms with Gasteiger partial charge in [0.05, 0.1) is 31.4 Å². The Balaban J connectivity index is 1.59. The first-order chi connectivity index (χ1) is 25.1. The molecule has 276 valence electrons. The normalized spacial score (nSPS) is 13.8. The fourth-order valence-corrected chi connectivity index (χ4v) is 8.32. The zero-order valence-electron chi connectivity index (χ0n) is 29.8. The standard InChI is InChI=1S/C40H46BrN3O7S/c1-4-51-34-20-18-33(19-21-34)44(52(47,48)35-22-23-37(49-2)38(26-35)50-3)28-39(45)43(27-30-14-11-15-31(41)24-30)36(25-29-12-7-5-8-13-29)40(46)42-32-16-9-6-10-17-32/h5,7-8,11-15,18-24,26,32,36H,4,6,9-10,16-17,25,27-28H2,1-3H3,(H,42,46)/t36-/m1/s1. The third kappa shape index (κ3) is 9.86. The molecule has 4 aromatic carbocycles. The number of methoxy groups -OCH3 is 2. The van der Waals surface area contributed by atoms with E-state index in [-0.39, 0.29) is 41.2 Å². The lowest BCUT2D eigenvalue weighted by molar-refractivity contribution is -0.140. The average molecular weight is 793 g/mol. The molecule has 5 rings (SSSR count). The van der Waals surface area contributed by atoms with Crippen LogP contribution in [0.1, 0.15) is 50.2 Å². The van der Waals surface area contributed by atoms with Crippen molar-refractivity contribution in [3.8, 4) is 17.2 Å². The number of amides is 2. The van der Waals surface area contributed by atoms with Gasteiger partial charge in [0.25, 0.3) is 10.0 Å². The molecule has 1 N–H and O–H groups in total. The lowest BCUT2D eigenvalue weighted by Crippen LogP contribution is -2.55. The Labute approximate surface area is 315 Å². The van der Waals surface area contributed by atoms with Crippen LogP contribution in [-0.2, 0) is 32.6 Å². The van der Waals surface area contributed by atoms with Crippen LogP contribution in [0.3, 0.4) is 0 Å². The van der Waals surface area contributed by atoms with Crippen LogP contribution in [0.4, 0.5) is 5.69 Å². The highest BCUT2D eigenvalue weighted by Gasteiger charge is 2.36. The van der Waals surface area contributed by atoms with Crippen molar-refractivity contribution < 1.29 is 32.2 Å². The molecule has 2 amide bonds. The van der Waals surface area contributed by atoms with Crippen molar-refractivity contribution >= 4 is 43.5 Å². The summed E-state index contributed by atoms with van der Waals surface area (Å²) in [6.45, 7) is 1.78. The average Bonchev–Trinajstić information content (AvgIpc) is 3.16. The second-order valence-corrected chi connectivity index (χ2v) is 15.4. The van der Waals surface area contributed by atoms with Gasteiger partial charge in [-0.25, -0.2) is 8.42 Å². The predicted molar refractivity (Wildman–Crippen MR) is 205 cm³/mol. The highest BCUT2D eigenvalue weighted by molar-refractivity contribution is 9.10. The molecule has 0 saturated heterocycles. The second-order valence-electron chi connectivity index (χ2n) is 12.7. The highest BCUT2D eigenvalue weighted by atomic mass is 79.9. The number of nitrogens with one attached hydrogen (secondary N) is 1. The monoisotopic (exact) mass is 791 g/mol. The topological polar surface area (TPSA) is 114 Å². The fourth-order valence-electron chi connectivity index (χ4n) is 6.44. The molecule has 12 heteroatoms. The molecule has 0 heterocycles. The second kappa shape index (κ2) is 18.3. The van der Waals surface area contributed by atoms with Crippen LogP contribution in [0.25, 0.3) is 0 Å². The van der Waals surface area contributed by atoms with Gasteiger partial charge in [-0.2, -0.15) is 0 Å². The largest absolute Gasteiger partial charge is 0.494 e. The summed E-state index contributed by atoms with van der Waals surface area (Å²) in [4.78, 5) is 30.6. The van der Waals surface area contributed by atoms with Gasteiger partial charge in [0.1, 0.15) is 18.3 Å². The molecular weight excluding hydrogens is 746 g/mol. The number of rotatable bonds is 16. The molecule has 0 bridgehead atoms. The summed E-state index contributed by atoms with van der Waals surface area (Å²) in [5, 5.41) is 3.24. The van der Waals surface area contributed by atoms with Crippen LogP contribution in [0, 0.1) is 0 Å². The van der Waals surface area contributed by atoms with E-state index in [4.69, 9.17) is 14.2 Å². The smallest absolute Gasteiger partial charge is 0.264 e. The van der Waals surface area contributed by atoms with Gasteiger partial charge in [0.15, 0.2) is 11.5 Å². The van der Waals surface area contributed by atoms with Crippen LogP contribution in [0.15, 0.2) is 106 Å². The predicted octanol–water partition coefficient (Wildman–Crippen LogP) is 7.15. The quantitative estimate of drug-likeness (QED) is 0.128. The van der Waals surface area contributed by atoms with Crippen LogP contribution in [0.5, 0.6) is 17.2 Å². The summed E-state index contributed by atoms with van der Waals surface area (Å²) in [5.74, 6) is 0.324. The van der Waals surface area contributed by atoms with Gasteiger partial charge in [-0.15, -0.1) is 0 Å². The van der Waals surface area contributed by atoms with Crippen molar-refractivity contribution in [2.24, 2.45) is 0 Å². The molecule has 0 radical (unpaired) electrons. The van der Waals surface area contributed by atoms with Crippen LogP contribution < -0.4 is 23.8 Å². The van der Waals surface area contributed by atoms with Crippen molar-refractivity contribution in [2.45, 2.75) is 69.0 Å². The SMILES string of the molecule is CCOc1ccc(N(CC(=O)N(Cc2cccc(Br)c2)[C@H](Cc2ccccc2)C(=O)NC2CCCCC2)S(=O)(=O)c2ccc(OC)c(OC)c2)cc1. The van der Waals surface area contributed by atoms with Gasteiger partial charge in [-0.1, -0.05) is 77.7 Å². The highest BCUT2D eigenvalue weighted by Crippen LogP contribution is 2.33. The molecule has 1 fully saturated rings. The molecule has 1 aliphatic carbocycles. The molecule has 4 aromatic rings. The molecule has 0 aliphatic heterocycles. The van der Waals surface area contributed by atoms with E-state index in [9.17, 15) is 18.0 Å². The van der Waals surface area contributed by atoms with E-state index >= 15 is 0 Å². The molecule has 1 aliphatic rings. The Kier molecular flexibility index (Phi) is 13.6. The Morgan fingerprint density at radius 1 is 0.846 bits per heavy atom. The van der Waals surface area contributed by atoms with Crippen LogP contribution in [-0.4, -0.2) is 64.6 Å². The Hall–Kier alpha value is -4.55. The zero-order chi connectivity index (χ0) is 37.1. The molecule has 0 aromatic heterocycles. The lowest BCUT2D eigenvalue weighted by atomic mass is 9.94. The maximum Gasteiger partial charge on any atom is 0.264 e. The Morgan fingerprint density at radius 2 is 1.54 bits per heavy atom. The van der Waals surface area contributed by atoms with E-state index in [1.54, 1.807) is 24.3 Å². The number of carbonyl (C=O) groups is 2. The van der Waals surface area contributed by atoms with E-state index in [2.05, 4.69) is 21.2 Å². The molecule has 0 spiro atoms. The minimum absolute atomic E-state index is 0.00753. The van der Waals surface area contributed by atoms with E-state index in [0.29, 0.717) is 18.1 Å². The van der Waals surface area contributed by atoms with E-state index in [1.807, 2.05) is 61.5 Å². The summed E-state index contributed by atoms with van der Waals surface area (Å²) in [6.07, 6.45) is 5.17. The number of anilines is 1. The minimum Gasteiger partial charge on any atom is -0.494 e. The molecule has 10 nitrogen and oxygen atoms in total. The number of nitrogens with zero attached hydrogens (tertiary/aromatic N) is 2. The van der Waals surface area contributed by atoms with Gasteiger partial charge in [-0.3, -0.25) is 13.9 Å². The minimum atomic E-state index is -4.37. The number of halogens is 1. The maximum atomic E-state index is 14.9. The van der Waals surface area contributed by atoms with Crippen LogP contribution >= 0.6 is 15.9 Å². The van der Waals surface area contributed by atoms with E-state index < -0.39 is 28.5 Å². The molecule has 1 atom stereocenters. The first-order valence-corrected chi connectivity index (χ1v) is 19.7. The summed E-state index contributed by atoms with van der Waals surface area (Å²) in [5.41, 5.74) is 1.90. The van der Waals surface area contributed by atoms with E-state index in [1.165, 1.54) is 37.3 Å². The van der Waals surface area contributed by atoms with Gasteiger partial charge in [-0.05, 0) is 79.4 Å². The number of carbonyl (C=O) groups excluding carboxylic acids is 2. The third-order valence-electron chi connectivity index (χ3n) is 9.12. The summed E-state index contributed by atoms with van der Waals surface area (Å²) in [7, 11) is -1.48. The van der Waals surface area contributed by atoms with Gasteiger partial charge in [0.2, 0.25) is 11.8 Å². The molecular formula is C40H46BrN3O7S. The third-order valence-corrected chi connectivity index (χ3v) is 11.4. The van der Waals surface area contributed by atoms with Crippen molar-refractivity contribution in [3.05, 3.63) is 113 Å².